The summed E-state index contributed by atoms with van der Waals surface area (Å²) in [5, 5.41) is 5.75. The van der Waals surface area contributed by atoms with Gasteiger partial charge in [0.2, 0.25) is 11.8 Å². The third-order valence-electron chi connectivity index (χ3n) is 5.44. The van der Waals surface area contributed by atoms with E-state index < -0.39 is 11.2 Å². The molecular weight excluding hydrogens is 506 g/mol. The van der Waals surface area contributed by atoms with Crippen molar-refractivity contribution in [3.63, 3.8) is 0 Å². The molecule has 1 unspecified atom stereocenters. The van der Waals surface area contributed by atoms with Gasteiger partial charge < -0.3 is 16.4 Å². The number of para-hydroxylation sites is 1. The SMILES string of the molecule is NC(=O)c1ccccc1NC(=O)C(Sc1cccc(NC(=O)Cc2ccc(Cl)cc2)c1)c1ccccc1. The van der Waals surface area contributed by atoms with Crippen molar-refractivity contribution >= 4 is 52.5 Å². The minimum absolute atomic E-state index is 0.162. The van der Waals surface area contributed by atoms with Crippen LogP contribution in [-0.2, 0) is 16.0 Å². The third kappa shape index (κ3) is 7.22. The Labute approximate surface area is 224 Å². The average Bonchev–Trinajstić information content (AvgIpc) is 2.89. The van der Waals surface area contributed by atoms with E-state index in [-0.39, 0.29) is 23.8 Å². The fourth-order valence-electron chi connectivity index (χ4n) is 3.68. The van der Waals surface area contributed by atoms with Gasteiger partial charge in [0.05, 0.1) is 17.7 Å². The number of halogens is 1. The molecule has 0 saturated carbocycles. The number of amides is 3. The maximum Gasteiger partial charge on any atom is 0.250 e. The number of benzene rings is 4. The summed E-state index contributed by atoms with van der Waals surface area (Å²) in [6.45, 7) is 0. The highest BCUT2D eigenvalue weighted by Gasteiger charge is 2.23. The Hall–Kier alpha value is -4.07. The first-order valence-corrected chi connectivity index (χ1v) is 12.7. The van der Waals surface area contributed by atoms with Gasteiger partial charge in [-0.05, 0) is 53.6 Å². The molecule has 0 bridgehead atoms. The van der Waals surface area contributed by atoms with Crippen LogP contribution in [0.5, 0.6) is 0 Å². The Morgan fingerprint density at radius 3 is 2.24 bits per heavy atom. The van der Waals surface area contributed by atoms with Crippen LogP contribution in [0.4, 0.5) is 11.4 Å². The van der Waals surface area contributed by atoms with E-state index in [1.165, 1.54) is 11.8 Å². The molecule has 0 spiro atoms. The van der Waals surface area contributed by atoms with E-state index in [4.69, 9.17) is 17.3 Å². The van der Waals surface area contributed by atoms with Crippen LogP contribution in [0.1, 0.15) is 26.7 Å². The number of thioether (sulfide) groups is 1. The second-order valence-corrected chi connectivity index (χ2v) is 9.80. The number of carbonyl (C=O) groups excluding carboxylic acids is 3. The molecule has 0 saturated heterocycles. The van der Waals surface area contributed by atoms with Crippen molar-refractivity contribution < 1.29 is 14.4 Å². The Bertz CT molecular complexity index is 1410. The van der Waals surface area contributed by atoms with E-state index in [9.17, 15) is 14.4 Å². The Balaban J connectivity index is 1.52. The van der Waals surface area contributed by atoms with E-state index in [1.807, 2.05) is 60.7 Å². The molecule has 0 aliphatic carbocycles. The molecule has 4 rings (SSSR count). The van der Waals surface area contributed by atoms with Crippen LogP contribution in [0.2, 0.25) is 5.02 Å². The normalized spacial score (nSPS) is 11.4. The summed E-state index contributed by atoms with van der Waals surface area (Å²) >= 11 is 7.25. The zero-order chi connectivity index (χ0) is 26.2. The lowest BCUT2D eigenvalue weighted by atomic mass is 10.1. The maximum atomic E-state index is 13.4. The number of carbonyl (C=O) groups is 3. The predicted octanol–water partition coefficient (Wildman–Crippen LogP) is 6.09. The predicted molar refractivity (Wildman–Crippen MR) is 149 cm³/mol. The van der Waals surface area contributed by atoms with Crippen molar-refractivity contribution in [2.45, 2.75) is 16.6 Å². The van der Waals surface area contributed by atoms with Gasteiger partial charge in [-0.2, -0.15) is 0 Å². The van der Waals surface area contributed by atoms with Gasteiger partial charge in [-0.1, -0.05) is 72.3 Å². The Morgan fingerprint density at radius 1 is 0.811 bits per heavy atom. The van der Waals surface area contributed by atoms with E-state index >= 15 is 0 Å². The lowest BCUT2D eigenvalue weighted by Crippen LogP contribution is -2.22. The molecule has 3 amide bonds. The van der Waals surface area contributed by atoms with Crippen LogP contribution in [0.3, 0.4) is 0 Å². The van der Waals surface area contributed by atoms with Crippen molar-refractivity contribution in [3.8, 4) is 0 Å². The number of primary amides is 1. The number of hydrogen-bond acceptors (Lipinski definition) is 4. The highest BCUT2D eigenvalue weighted by atomic mass is 35.5. The van der Waals surface area contributed by atoms with Gasteiger partial charge in [-0.15, -0.1) is 11.8 Å². The highest BCUT2D eigenvalue weighted by Crippen LogP contribution is 2.37. The standard InChI is InChI=1S/C29H24ClN3O3S/c30-21-15-13-19(14-16-21)17-26(34)32-22-9-6-10-23(18-22)37-27(20-7-2-1-3-8-20)29(36)33-25-12-5-4-11-24(25)28(31)35/h1-16,18,27H,17H2,(H2,31,35)(H,32,34)(H,33,36). The Kier molecular flexibility index (Phi) is 8.61. The summed E-state index contributed by atoms with van der Waals surface area (Å²) in [5.74, 6) is -1.09. The number of anilines is 2. The van der Waals surface area contributed by atoms with Crippen LogP contribution in [0, 0.1) is 0 Å². The minimum atomic E-state index is -0.623. The molecule has 0 heterocycles. The highest BCUT2D eigenvalue weighted by molar-refractivity contribution is 8.00. The van der Waals surface area contributed by atoms with Crippen LogP contribution >= 0.6 is 23.4 Å². The fourth-order valence-corrected chi connectivity index (χ4v) is 4.89. The largest absolute Gasteiger partial charge is 0.366 e. The van der Waals surface area contributed by atoms with E-state index in [0.717, 1.165) is 16.0 Å². The molecule has 0 radical (unpaired) electrons. The van der Waals surface area contributed by atoms with E-state index in [2.05, 4.69) is 10.6 Å². The molecule has 6 nitrogen and oxygen atoms in total. The summed E-state index contributed by atoms with van der Waals surface area (Å²) in [6.07, 6.45) is 0.211. The molecule has 0 aliphatic heterocycles. The third-order valence-corrected chi connectivity index (χ3v) is 6.94. The molecular formula is C29H24ClN3O3S. The van der Waals surface area contributed by atoms with Gasteiger partial charge in [0, 0.05) is 15.6 Å². The second-order valence-electron chi connectivity index (χ2n) is 8.19. The molecule has 4 N–H and O–H groups in total. The molecule has 0 aromatic heterocycles. The first kappa shape index (κ1) is 26.0. The monoisotopic (exact) mass is 529 g/mol. The molecule has 1 atom stereocenters. The number of rotatable bonds is 9. The van der Waals surface area contributed by atoms with Crippen molar-refractivity contribution in [2.24, 2.45) is 5.73 Å². The summed E-state index contributed by atoms with van der Waals surface area (Å²) in [6, 6.07) is 30.4. The second kappa shape index (κ2) is 12.3. The van der Waals surface area contributed by atoms with Crippen molar-refractivity contribution in [1.29, 1.82) is 0 Å². The van der Waals surface area contributed by atoms with Gasteiger partial charge >= 0.3 is 0 Å². The first-order chi connectivity index (χ1) is 17.9. The fraction of sp³-hybridized carbons (Fsp3) is 0.0690. The van der Waals surface area contributed by atoms with Crippen LogP contribution in [-0.4, -0.2) is 17.7 Å². The van der Waals surface area contributed by atoms with Crippen molar-refractivity contribution in [1.82, 2.24) is 0 Å². The topological polar surface area (TPSA) is 101 Å². The minimum Gasteiger partial charge on any atom is -0.366 e. The van der Waals surface area contributed by atoms with Crippen LogP contribution in [0.15, 0.2) is 108 Å². The van der Waals surface area contributed by atoms with Gasteiger partial charge in [-0.3, -0.25) is 14.4 Å². The summed E-state index contributed by atoms with van der Waals surface area (Å²) in [5.41, 5.74) is 8.33. The molecule has 186 valence electrons. The molecule has 0 aliphatic rings. The number of nitrogens with two attached hydrogens (primary N) is 1. The zero-order valence-corrected chi connectivity index (χ0v) is 21.3. The van der Waals surface area contributed by atoms with Gasteiger partial charge in [0.15, 0.2) is 0 Å². The summed E-state index contributed by atoms with van der Waals surface area (Å²) in [4.78, 5) is 38.6. The smallest absolute Gasteiger partial charge is 0.250 e. The lowest BCUT2D eigenvalue weighted by molar-refractivity contribution is -0.116. The van der Waals surface area contributed by atoms with Crippen molar-refractivity contribution in [3.05, 3.63) is 125 Å². The molecule has 0 fully saturated rings. The maximum absolute atomic E-state index is 13.4. The first-order valence-electron chi connectivity index (χ1n) is 11.4. The quantitative estimate of drug-likeness (QED) is 0.228. The number of nitrogens with one attached hydrogen (secondary N) is 2. The summed E-state index contributed by atoms with van der Waals surface area (Å²) < 4.78 is 0. The zero-order valence-electron chi connectivity index (χ0n) is 19.7. The van der Waals surface area contributed by atoms with Crippen LogP contribution in [0.25, 0.3) is 0 Å². The van der Waals surface area contributed by atoms with Gasteiger partial charge in [0.1, 0.15) is 5.25 Å². The van der Waals surface area contributed by atoms with Gasteiger partial charge in [-0.25, -0.2) is 0 Å². The Morgan fingerprint density at radius 2 is 1.51 bits per heavy atom. The molecule has 4 aromatic rings. The molecule has 4 aromatic carbocycles. The van der Waals surface area contributed by atoms with Crippen LogP contribution < -0.4 is 16.4 Å². The summed E-state index contributed by atoms with van der Waals surface area (Å²) in [7, 11) is 0. The number of hydrogen-bond donors (Lipinski definition) is 3. The molecule has 37 heavy (non-hydrogen) atoms. The van der Waals surface area contributed by atoms with E-state index in [0.29, 0.717) is 16.4 Å². The lowest BCUT2D eigenvalue weighted by Gasteiger charge is -2.18. The van der Waals surface area contributed by atoms with Crippen molar-refractivity contribution in [2.75, 3.05) is 10.6 Å². The average molecular weight is 530 g/mol. The molecule has 8 heteroatoms. The van der Waals surface area contributed by atoms with E-state index in [1.54, 1.807) is 42.5 Å². The van der Waals surface area contributed by atoms with Gasteiger partial charge in [0.25, 0.3) is 5.91 Å².